The van der Waals surface area contributed by atoms with Gasteiger partial charge in [0.25, 0.3) is 0 Å². The summed E-state index contributed by atoms with van der Waals surface area (Å²) in [6.45, 7) is 6.21. The number of nitrogens with zero attached hydrogens (tertiary/aromatic N) is 3. The highest BCUT2D eigenvalue weighted by atomic mass is 16.1. The van der Waals surface area contributed by atoms with Crippen molar-refractivity contribution < 1.29 is 4.79 Å². The smallest absolute Gasteiger partial charge is 0.220 e. The van der Waals surface area contributed by atoms with Gasteiger partial charge < -0.3 is 15.5 Å². The van der Waals surface area contributed by atoms with E-state index < -0.39 is 0 Å². The van der Waals surface area contributed by atoms with E-state index in [4.69, 9.17) is 0 Å². The molecule has 0 radical (unpaired) electrons. The minimum absolute atomic E-state index is 0.229. The average Bonchev–Trinajstić information content (AvgIpc) is 2.68. The summed E-state index contributed by atoms with van der Waals surface area (Å²) < 4.78 is 0. The second-order valence-corrected chi connectivity index (χ2v) is 7.28. The van der Waals surface area contributed by atoms with Gasteiger partial charge in [-0.1, -0.05) is 6.92 Å². The van der Waals surface area contributed by atoms with E-state index in [-0.39, 0.29) is 5.91 Å². The Balaban J connectivity index is 1.39. The molecule has 1 amide bonds. The van der Waals surface area contributed by atoms with Crippen LogP contribution in [0.4, 0.5) is 5.82 Å². The second-order valence-electron chi connectivity index (χ2n) is 7.28. The van der Waals surface area contributed by atoms with Crippen LogP contribution in [0.3, 0.4) is 0 Å². The molecule has 2 fully saturated rings. The van der Waals surface area contributed by atoms with E-state index in [1.807, 2.05) is 0 Å². The number of carbonyl (C=O) groups excluding carboxylic acids is 1. The Labute approximate surface area is 150 Å². The third-order valence-electron chi connectivity index (χ3n) is 5.49. The fraction of sp³-hybridized carbons (Fsp3) is 0.737. The van der Waals surface area contributed by atoms with E-state index in [9.17, 15) is 4.79 Å². The first-order valence-corrected chi connectivity index (χ1v) is 9.80. The van der Waals surface area contributed by atoms with E-state index in [1.54, 1.807) is 6.33 Å². The van der Waals surface area contributed by atoms with Gasteiger partial charge in [0.15, 0.2) is 0 Å². The molecule has 1 aromatic rings. The molecule has 2 aliphatic heterocycles. The first kappa shape index (κ1) is 18.1. The number of aryl methyl sites for hydroxylation is 1. The molecule has 6 nitrogen and oxygen atoms in total. The highest BCUT2D eigenvalue weighted by Gasteiger charge is 2.22. The highest BCUT2D eigenvalue weighted by molar-refractivity contribution is 5.76. The van der Waals surface area contributed by atoms with Crippen molar-refractivity contribution in [2.24, 2.45) is 5.92 Å². The molecule has 3 heterocycles. The molecule has 25 heavy (non-hydrogen) atoms. The van der Waals surface area contributed by atoms with Crippen molar-refractivity contribution in [2.75, 3.05) is 31.1 Å². The third kappa shape index (κ3) is 5.39. The lowest BCUT2D eigenvalue weighted by molar-refractivity contribution is -0.122. The van der Waals surface area contributed by atoms with Gasteiger partial charge in [-0.05, 0) is 57.5 Å². The number of aromatic nitrogens is 2. The number of piperidine rings is 2. The molecule has 2 N–H and O–H groups in total. The molecule has 0 atom stereocenters. The van der Waals surface area contributed by atoms with Gasteiger partial charge in [0, 0.05) is 37.3 Å². The fourth-order valence-corrected chi connectivity index (χ4v) is 3.81. The molecule has 0 saturated carbocycles. The molecule has 138 valence electrons. The minimum atomic E-state index is 0.229. The lowest BCUT2D eigenvalue weighted by Gasteiger charge is -2.33. The third-order valence-corrected chi connectivity index (χ3v) is 5.49. The summed E-state index contributed by atoms with van der Waals surface area (Å²) in [5.41, 5.74) is 1.08. The normalized spacial score (nSPS) is 19.8. The van der Waals surface area contributed by atoms with Gasteiger partial charge in [0.2, 0.25) is 5.91 Å². The molecular formula is C19H31N5O. The van der Waals surface area contributed by atoms with Gasteiger partial charge in [0.1, 0.15) is 12.1 Å². The molecule has 2 saturated heterocycles. The number of carbonyl (C=O) groups is 1. The van der Waals surface area contributed by atoms with Crippen molar-refractivity contribution in [1.82, 2.24) is 20.6 Å². The van der Waals surface area contributed by atoms with Crippen LogP contribution >= 0.6 is 0 Å². The predicted octanol–water partition coefficient (Wildman–Crippen LogP) is 1.90. The standard InChI is InChI=1S/C19H31N5O/c1-2-16-13-18(22-14-21-16)24-11-7-17(8-12-24)23-19(25)4-3-15-5-9-20-10-6-15/h13-15,17,20H,2-12H2,1H3,(H,23,25). The van der Waals surface area contributed by atoms with Gasteiger partial charge in [-0.3, -0.25) is 4.79 Å². The van der Waals surface area contributed by atoms with Crippen LogP contribution in [-0.2, 0) is 11.2 Å². The lowest BCUT2D eigenvalue weighted by atomic mass is 9.93. The average molecular weight is 345 g/mol. The second kappa shape index (κ2) is 9.13. The summed E-state index contributed by atoms with van der Waals surface area (Å²) in [7, 11) is 0. The van der Waals surface area contributed by atoms with E-state index in [1.165, 1.54) is 12.8 Å². The molecule has 0 aromatic carbocycles. The molecule has 6 heteroatoms. The Morgan fingerprint density at radius 2 is 2.00 bits per heavy atom. The molecular weight excluding hydrogens is 314 g/mol. The van der Waals surface area contributed by atoms with E-state index in [2.05, 4.69) is 38.5 Å². The monoisotopic (exact) mass is 345 g/mol. The zero-order chi connectivity index (χ0) is 17.5. The quantitative estimate of drug-likeness (QED) is 0.824. The number of nitrogens with one attached hydrogen (secondary N) is 2. The van der Waals surface area contributed by atoms with Crippen LogP contribution in [0.15, 0.2) is 12.4 Å². The van der Waals surface area contributed by atoms with E-state index in [0.29, 0.717) is 12.5 Å². The summed E-state index contributed by atoms with van der Waals surface area (Å²) >= 11 is 0. The molecule has 0 aliphatic carbocycles. The number of anilines is 1. The summed E-state index contributed by atoms with van der Waals surface area (Å²) in [4.78, 5) is 23.2. The summed E-state index contributed by atoms with van der Waals surface area (Å²) in [5.74, 6) is 1.97. The first-order valence-electron chi connectivity index (χ1n) is 9.80. The van der Waals surface area contributed by atoms with Crippen molar-refractivity contribution >= 4 is 11.7 Å². The van der Waals surface area contributed by atoms with Crippen molar-refractivity contribution in [3.8, 4) is 0 Å². The SMILES string of the molecule is CCc1cc(N2CCC(NC(=O)CCC3CCNCC3)CC2)ncn1. The van der Waals surface area contributed by atoms with Crippen LogP contribution in [0.5, 0.6) is 0 Å². The summed E-state index contributed by atoms with van der Waals surface area (Å²) in [6, 6.07) is 2.39. The predicted molar refractivity (Wildman–Crippen MR) is 99.6 cm³/mol. The van der Waals surface area contributed by atoms with E-state index >= 15 is 0 Å². The highest BCUT2D eigenvalue weighted by Crippen LogP contribution is 2.20. The maximum atomic E-state index is 12.2. The Morgan fingerprint density at radius 3 is 2.72 bits per heavy atom. The van der Waals surface area contributed by atoms with Crippen LogP contribution in [0.1, 0.15) is 51.1 Å². The maximum Gasteiger partial charge on any atom is 0.220 e. The van der Waals surface area contributed by atoms with Gasteiger partial charge in [0.05, 0.1) is 0 Å². The largest absolute Gasteiger partial charge is 0.356 e. The molecule has 0 bridgehead atoms. The fourth-order valence-electron chi connectivity index (χ4n) is 3.81. The summed E-state index contributed by atoms with van der Waals surface area (Å²) in [5, 5.41) is 6.62. The minimum Gasteiger partial charge on any atom is -0.356 e. The molecule has 3 rings (SSSR count). The number of rotatable bonds is 6. The maximum absolute atomic E-state index is 12.2. The number of amides is 1. The topological polar surface area (TPSA) is 70.2 Å². The summed E-state index contributed by atoms with van der Waals surface area (Å²) in [6.07, 6.45) is 8.70. The van der Waals surface area contributed by atoms with Crippen LogP contribution in [-0.4, -0.2) is 48.1 Å². The van der Waals surface area contributed by atoms with Crippen LogP contribution in [0.25, 0.3) is 0 Å². The van der Waals surface area contributed by atoms with Gasteiger partial charge in [-0.2, -0.15) is 0 Å². The molecule has 2 aliphatic rings. The molecule has 1 aromatic heterocycles. The van der Waals surface area contributed by atoms with Crippen LogP contribution in [0, 0.1) is 5.92 Å². The molecule has 0 spiro atoms. The number of hydrogen-bond donors (Lipinski definition) is 2. The Hall–Kier alpha value is -1.69. The Kier molecular flexibility index (Phi) is 6.62. The van der Waals surface area contributed by atoms with Crippen molar-refractivity contribution in [1.29, 1.82) is 0 Å². The van der Waals surface area contributed by atoms with Crippen LogP contribution < -0.4 is 15.5 Å². The number of hydrogen-bond acceptors (Lipinski definition) is 5. The Bertz CT molecular complexity index is 551. The van der Waals surface area contributed by atoms with Gasteiger partial charge in [-0.25, -0.2) is 9.97 Å². The zero-order valence-corrected chi connectivity index (χ0v) is 15.3. The Morgan fingerprint density at radius 1 is 1.24 bits per heavy atom. The lowest BCUT2D eigenvalue weighted by Crippen LogP contribution is -2.45. The van der Waals surface area contributed by atoms with E-state index in [0.717, 1.165) is 69.3 Å². The van der Waals surface area contributed by atoms with Gasteiger partial charge >= 0.3 is 0 Å². The van der Waals surface area contributed by atoms with Crippen molar-refractivity contribution in [3.63, 3.8) is 0 Å². The van der Waals surface area contributed by atoms with Crippen molar-refractivity contribution in [3.05, 3.63) is 18.1 Å². The zero-order valence-electron chi connectivity index (χ0n) is 15.3. The molecule has 0 unspecified atom stereocenters. The van der Waals surface area contributed by atoms with Gasteiger partial charge in [-0.15, -0.1) is 0 Å². The first-order chi connectivity index (χ1) is 12.2. The van der Waals surface area contributed by atoms with Crippen molar-refractivity contribution in [2.45, 2.75) is 57.9 Å². The van der Waals surface area contributed by atoms with Crippen LogP contribution in [0.2, 0.25) is 0 Å².